The number of amides is 1. The number of nitrogens with one attached hydrogen (secondary N) is 2. The summed E-state index contributed by atoms with van der Waals surface area (Å²) < 4.78 is 1.88. The molecule has 0 aliphatic heterocycles. The lowest BCUT2D eigenvalue weighted by atomic mass is 10.1. The monoisotopic (exact) mass is 424 g/mol. The average Bonchev–Trinajstić information content (AvgIpc) is 3.56. The van der Waals surface area contributed by atoms with Crippen molar-refractivity contribution >= 4 is 16.8 Å². The molecule has 32 heavy (non-hydrogen) atoms. The summed E-state index contributed by atoms with van der Waals surface area (Å²) in [5.41, 5.74) is 5.48. The van der Waals surface area contributed by atoms with Crippen molar-refractivity contribution in [2.24, 2.45) is 0 Å². The Morgan fingerprint density at radius 1 is 1.06 bits per heavy atom. The molecule has 5 rings (SSSR count). The molecule has 3 heterocycles. The number of H-pyrrole nitrogens is 2. The van der Waals surface area contributed by atoms with Gasteiger partial charge in [-0.05, 0) is 49.2 Å². The second-order valence-corrected chi connectivity index (χ2v) is 7.84. The van der Waals surface area contributed by atoms with Gasteiger partial charge in [0.05, 0.1) is 17.9 Å². The number of carbonyl (C=O) groups is 1. The minimum atomic E-state index is -0.102. The number of aromatic amines is 2. The highest BCUT2D eigenvalue weighted by molar-refractivity contribution is 5.92. The van der Waals surface area contributed by atoms with E-state index in [0.717, 1.165) is 29.0 Å². The Morgan fingerprint density at radius 3 is 2.69 bits per heavy atom. The first-order chi connectivity index (χ1) is 15.7. The van der Waals surface area contributed by atoms with Crippen LogP contribution < -0.4 is 0 Å². The summed E-state index contributed by atoms with van der Waals surface area (Å²) in [4.78, 5) is 18.5. The molecule has 7 heteroatoms. The summed E-state index contributed by atoms with van der Waals surface area (Å²) in [6.07, 6.45) is 4.53. The number of fused-ring (bicyclic) bond motifs is 1. The molecular weight excluding hydrogens is 400 g/mol. The molecule has 160 valence electrons. The third-order valence-corrected chi connectivity index (χ3v) is 5.61. The maximum atomic E-state index is 13.4. The quantitative estimate of drug-likeness (QED) is 0.409. The first-order valence-electron chi connectivity index (χ1n) is 10.6. The Balaban J connectivity index is 1.43. The number of para-hydroxylation sites is 2. The molecule has 0 aliphatic rings. The van der Waals surface area contributed by atoms with Gasteiger partial charge in [0.25, 0.3) is 5.91 Å². The molecule has 0 fully saturated rings. The summed E-state index contributed by atoms with van der Waals surface area (Å²) in [5, 5.41) is 12.7. The van der Waals surface area contributed by atoms with Crippen molar-refractivity contribution in [3.8, 4) is 5.69 Å². The van der Waals surface area contributed by atoms with Crippen molar-refractivity contribution in [2.75, 3.05) is 6.54 Å². The molecule has 1 amide bonds. The van der Waals surface area contributed by atoms with Crippen LogP contribution in [0.25, 0.3) is 16.6 Å². The number of aromatic nitrogens is 5. The fourth-order valence-corrected chi connectivity index (χ4v) is 3.98. The van der Waals surface area contributed by atoms with Gasteiger partial charge in [-0.3, -0.25) is 9.89 Å². The lowest BCUT2D eigenvalue weighted by Gasteiger charge is -2.22. The van der Waals surface area contributed by atoms with Crippen molar-refractivity contribution in [3.05, 3.63) is 102 Å². The van der Waals surface area contributed by atoms with E-state index >= 15 is 0 Å². The maximum Gasteiger partial charge on any atom is 0.274 e. The third-order valence-electron chi connectivity index (χ3n) is 5.61. The average molecular weight is 425 g/mol. The molecular formula is C25H24N6O. The Morgan fingerprint density at radius 2 is 1.88 bits per heavy atom. The van der Waals surface area contributed by atoms with Crippen LogP contribution in [-0.4, -0.2) is 42.3 Å². The van der Waals surface area contributed by atoms with Gasteiger partial charge >= 0.3 is 0 Å². The van der Waals surface area contributed by atoms with Gasteiger partial charge in [0.2, 0.25) is 0 Å². The zero-order valence-electron chi connectivity index (χ0n) is 17.8. The highest BCUT2D eigenvalue weighted by Crippen LogP contribution is 2.20. The molecule has 0 aliphatic carbocycles. The third kappa shape index (κ3) is 3.92. The van der Waals surface area contributed by atoms with E-state index in [0.29, 0.717) is 18.8 Å². The summed E-state index contributed by atoms with van der Waals surface area (Å²) in [5.74, 6) is -0.102. The summed E-state index contributed by atoms with van der Waals surface area (Å²) in [7, 11) is 0. The van der Waals surface area contributed by atoms with Crippen molar-refractivity contribution in [3.63, 3.8) is 0 Å². The summed E-state index contributed by atoms with van der Waals surface area (Å²) in [6, 6.07) is 21.9. The lowest BCUT2D eigenvalue weighted by Crippen LogP contribution is -2.33. The van der Waals surface area contributed by atoms with E-state index in [2.05, 4.69) is 32.4 Å². The zero-order chi connectivity index (χ0) is 21.9. The van der Waals surface area contributed by atoms with Crippen LogP contribution in [0.1, 0.15) is 27.4 Å². The number of hydrogen-bond acceptors (Lipinski definition) is 3. The number of hydrogen-bond donors (Lipinski definition) is 2. The van der Waals surface area contributed by atoms with Crippen molar-refractivity contribution < 1.29 is 4.79 Å². The van der Waals surface area contributed by atoms with E-state index in [1.54, 1.807) is 12.3 Å². The number of carbonyl (C=O) groups excluding carboxylic acids is 1. The van der Waals surface area contributed by atoms with Crippen LogP contribution in [-0.2, 0) is 13.0 Å². The number of aryl methyl sites for hydroxylation is 1. The molecule has 3 aromatic heterocycles. The normalized spacial score (nSPS) is 11.2. The van der Waals surface area contributed by atoms with Gasteiger partial charge in [0, 0.05) is 35.5 Å². The van der Waals surface area contributed by atoms with Crippen LogP contribution in [0.5, 0.6) is 0 Å². The van der Waals surface area contributed by atoms with E-state index in [4.69, 9.17) is 0 Å². The standard InChI is InChI=1S/C25H24N6O/c1-18-15-24(29-28-18)25(32)30(14-12-19-16-26-23-10-6-5-9-22(19)23)17-21-11-13-27-31(21)20-7-3-2-4-8-20/h2-11,13,15-16,26H,12,14,17H2,1H3,(H,28,29). The maximum absolute atomic E-state index is 13.4. The molecule has 7 nitrogen and oxygen atoms in total. The van der Waals surface area contributed by atoms with E-state index in [1.807, 2.05) is 71.2 Å². The highest BCUT2D eigenvalue weighted by atomic mass is 16.2. The predicted octanol–water partition coefficient (Wildman–Crippen LogP) is 4.27. The van der Waals surface area contributed by atoms with Gasteiger partial charge < -0.3 is 9.88 Å². The molecule has 5 aromatic rings. The smallest absolute Gasteiger partial charge is 0.274 e. The number of benzene rings is 2. The second-order valence-electron chi connectivity index (χ2n) is 7.84. The Labute approximate surface area is 185 Å². The van der Waals surface area contributed by atoms with Gasteiger partial charge in [0.15, 0.2) is 0 Å². The van der Waals surface area contributed by atoms with E-state index < -0.39 is 0 Å². The fourth-order valence-electron chi connectivity index (χ4n) is 3.98. The van der Waals surface area contributed by atoms with Crippen LogP contribution in [0.15, 0.2) is 79.1 Å². The molecule has 0 spiro atoms. The topological polar surface area (TPSA) is 82.6 Å². The van der Waals surface area contributed by atoms with Gasteiger partial charge in [-0.2, -0.15) is 10.2 Å². The molecule has 0 saturated heterocycles. The lowest BCUT2D eigenvalue weighted by molar-refractivity contribution is 0.0736. The van der Waals surface area contributed by atoms with Gasteiger partial charge in [-0.25, -0.2) is 4.68 Å². The minimum absolute atomic E-state index is 0.102. The zero-order valence-corrected chi connectivity index (χ0v) is 17.8. The Kier molecular flexibility index (Phi) is 5.29. The Hall–Kier alpha value is -4.13. The Bertz CT molecular complexity index is 1350. The summed E-state index contributed by atoms with van der Waals surface area (Å²) in [6.45, 7) is 2.89. The van der Waals surface area contributed by atoms with Crippen molar-refractivity contribution in [2.45, 2.75) is 19.9 Å². The van der Waals surface area contributed by atoms with Crippen LogP contribution >= 0.6 is 0 Å². The first kappa shape index (κ1) is 19.8. The molecule has 0 bridgehead atoms. The largest absolute Gasteiger partial charge is 0.361 e. The first-order valence-corrected chi connectivity index (χ1v) is 10.6. The van der Waals surface area contributed by atoms with Crippen LogP contribution in [0.2, 0.25) is 0 Å². The SMILES string of the molecule is Cc1cc(C(=O)N(CCc2c[nH]c3ccccc23)Cc2ccnn2-c2ccccc2)n[nH]1. The summed E-state index contributed by atoms with van der Waals surface area (Å²) >= 11 is 0. The van der Waals surface area contributed by atoms with Crippen molar-refractivity contribution in [1.82, 2.24) is 29.9 Å². The van der Waals surface area contributed by atoms with E-state index in [9.17, 15) is 4.79 Å². The highest BCUT2D eigenvalue weighted by Gasteiger charge is 2.21. The number of nitrogens with zero attached hydrogens (tertiary/aromatic N) is 4. The van der Waals surface area contributed by atoms with Gasteiger partial charge in [0.1, 0.15) is 5.69 Å². The molecule has 0 unspecified atom stereocenters. The molecule has 0 atom stereocenters. The molecule has 0 saturated carbocycles. The van der Waals surface area contributed by atoms with Crippen LogP contribution in [0.4, 0.5) is 0 Å². The van der Waals surface area contributed by atoms with E-state index in [1.165, 1.54) is 10.9 Å². The van der Waals surface area contributed by atoms with Crippen LogP contribution in [0, 0.1) is 6.92 Å². The molecule has 0 radical (unpaired) electrons. The molecule has 2 N–H and O–H groups in total. The van der Waals surface area contributed by atoms with Gasteiger partial charge in [-0.15, -0.1) is 0 Å². The van der Waals surface area contributed by atoms with Crippen LogP contribution in [0.3, 0.4) is 0 Å². The predicted molar refractivity (Wildman–Crippen MR) is 124 cm³/mol. The number of rotatable bonds is 7. The van der Waals surface area contributed by atoms with E-state index in [-0.39, 0.29) is 5.91 Å². The molecule has 2 aromatic carbocycles. The van der Waals surface area contributed by atoms with Gasteiger partial charge in [-0.1, -0.05) is 36.4 Å². The second kappa shape index (κ2) is 8.55. The van der Waals surface area contributed by atoms with Crippen molar-refractivity contribution in [1.29, 1.82) is 0 Å². The minimum Gasteiger partial charge on any atom is -0.361 e. The fraction of sp³-hybridized carbons (Fsp3) is 0.160.